The molecule has 1 heterocycles. The molecule has 1 fully saturated rings. The van der Waals surface area contributed by atoms with E-state index in [4.69, 9.17) is 4.74 Å². The number of benzene rings is 2. The minimum atomic E-state index is -0.102. The molecule has 0 radical (unpaired) electrons. The van der Waals surface area contributed by atoms with Gasteiger partial charge >= 0.3 is 0 Å². The maximum absolute atomic E-state index is 12.8. The predicted molar refractivity (Wildman–Crippen MR) is 112 cm³/mol. The topological polar surface area (TPSA) is 53.6 Å². The lowest BCUT2D eigenvalue weighted by molar-refractivity contribution is 0.102. The Balaban J connectivity index is 1.80. The molecule has 1 aliphatic rings. The largest absolute Gasteiger partial charge is 0.388 e. The van der Waals surface area contributed by atoms with Gasteiger partial charge in [-0.05, 0) is 47.6 Å². The van der Waals surface area contributed by atoms with Crippen molar-refractivity contribution in [1.82, 2.24) is 0 Å². The normalized spacial score (nSPS) is 14.2. The highest BCUT2D eigenvalue weighted by atomic mass is 31.0. The third-order valence-corrected chi connectivity index (χ3v) is 4.93. The van der Waals surface area contributed by atoms with Gasteiger partial charge in [-0.25, -0.2) is 0 Å². The third kappa shape index (κ3) is 4.35. The molecule has 0 aromatic heterocycles. The number of anilines is 3. The zero-order chi connectivity index (χ0) is 18.5. The lowest BCUT2D eigenvalue weighted by Crippen LogP contribution is -2.36. The van der Waals surface area contributed by atoms with Crippen molar-refractivity contribution in [3.63, 3.8) is 0 Å². The van der Waals surface area contributed by atoms with Crippen LogP contribution in [0.4, 0.5) is 17.1 Å². The molecule has 1 aliphatic heterocycles. The number of nitrogens with zero attached hydrogens (tertiary/aromatic N) is 1. The molecule has 26 heavy (non-hydrogen) atoms. The highest BCUT2D eigenvalue weighted by molar-refractivity contribution is 7.27. The van der Waals surface area contributed by atoms with E-state index < -0.39 is 0 Å². The van der Waals surface area contributed by atoms with Gasteiger partial charge in [0.15, 0.2) is 0 Å². The van der Waals surface area contributed by atoms with Crippen LogP contribution in [0.15, 0.2) is 36.4 Å². The number of morpholine rings is 1. The van der Waals surface area contributed by atoms with Crippen LogP contribution >= 0.6 is 9.24 Å². The van der Waals surface area contributed by atoms with E-state index in [1.807, 2.05) is 37.4 Å². The summed E-state index contributed by atoms with van der Waals surface area (Å²) in [6.45, 7) is 5.25. The summed E-state index contributed by atoms with van der Waals surface area (Å²) < 4.78 is 5.42. The molecule has 138 valence electrons. The van der Waals surface area contributed by atoms with Crippen LogP contribution in [-0.2, 0) is 11.2 Å². The quantitative estimate of drug-likeness (QED) is 0.794. The molecule has 0 aliphatic carbocycles. The van der Waals surface area contributed by atoms with E-state index >= 15 is 0 Å². The average Bonchev–Trinajstić information content (AvgIpc) is 2.68. The molecule has 1 amide bonds. The van der Waals surface area contributed by atoms with Gasteiger partial charge in [-0.2, -0.15) is 0 Å². The van der Waals surface area contributed by atoms with Crippen LogP contribution in [0.2, 0.25) is 0 Å². The highest BCUT2D eigenvalue weighted by Gasteiger charge is 2.15. The number of hydrogen-bond acceptors (Lipinski definition) is 4. The standard InChI is InChI=1S/C20H26N3O2P/c1-3-14-4-5-16(12-19(14)21-2)22-20(24)15-10-17(13-18(26)11-15)23-6-8-25-9-7-23/h4-5,10-13,21H,3,6-9,26H2,1-2H3,(H,22,24). The van der Waals surface area contributed by atoms with Crippen molar-refractivity contribution in [3.05, 3.63) is 47.5 Å². The Bertz CT molecular complexity index is 789. The predicted octanol–water partition coefficient (Wildman–Crippen LogP) is 2.88. The van der Waals surface area contributed by atoms with Crippen LogP contribution < -0.4 is 20.8 Å². The van der Waals surface area contributed by atoms with Gasteiger partial charge in [0, 0.05) is 42.8 Å². The van der Waals surface area contributed by atoms with Crippen molar-refractivity contribution in [2.45, 2.75) is 13.3 Å². The van der Waals surface area contributed by atoms with Crippen LogP contribution in [0, 0.1) is 0 Å². The van der Waals surface area contributed by atoms with Crippen molar-refractivity contribution < 1.29 is 9.53 Å². The molecule has 0 saturated carbocycles. The number of aryl methyl sites for hydroxylation is 1. The second-order valence-corrected chi connectivity index (χ2v) is 7.01. The summed E-state index contributed by atoms with van der Waals surface area (Å²) in [5, 5.41) is 7.19. The zero-order valence-corrected chi connectivity index (χ0v) is 16.5. The number of carbonyl (C=O) groups is 1. The Hall–Kier alpha value is -2.10. The average molecular weight is 371 g/mol. The third-order valence-electron chi connectivity index (χ3n) is 4.60. The minimum Gasteiger partial charge on any atom is -0.388 e. The fourth-order valence-electron chi connectivity index (χ4n) is 3.17. The molecule has 3 rings (SSSR count). The van der Waals surface area contributed by atoms with Gasteiger partial charge in [0.05, 0.1) is 13.2 Å². The maximum Gasteiger partial charge on any atom is 0.255 e. The van der Waals surface area contributed by atoms with E-state index in [-0.39, 0.29) is 5.91 Å². The molecule has 2 aromatic carbocycles. The Morgan fingerprint density at radius 3 is 2.65 bits per heavy atom. The molecule has 5 nitrogen and oxygen atoms in total. The van der Waals surface area contributed by atoms with Gasteiger partial charge < -0.3 is 20.3 Å². The summed E-state index contributed by atoms with van der Waals surface area (Å²) in [5.74, 6) is -0.102. The molecular weight excluding hydrogens is 345 g/mol. The summed E-state index contributed by atoms with van der Waals surface area (Å²) in [6.07, 6.45) is 0.947. The van der Waals surface area contributed by atoms with Gasteiger partial charge in [-0.15, -0.1) is 9.24 Å². The lowest BCUT2D eigenvalue weighted by Gasteiger charge is -2.29. The summed E-state index contributed by atoms with van der Waals surface area (Å²) in [4.78, 5) is 15.0. The first-order valence-electron chi connectivity index (χ1n) is 8.96. The second-order valence-electron chi connectivity index (χ2n) is 6.34. The Kier molecular flexibility index (Phi) is 6.12. The van der Waals surface area contributed by atoms with Crippen molar-refractivity contribution in [3.8, 4) is 0 Å². The number of amides is 1. The molecular formula is C20H26N3O2P. The van der Waals surface area contributed by atoms with Crippen LogP contribution in [-0.4, -0.2) is 39.3 Å². The van der Waals surface area contributed by atoms with E-state index in [9.17, 15) is 4.79 Å². The molecule has 1 saturated heterocycles. The molecule has 2 N–H and O–H groups in total. The van der Waals surface area contributed by atoms with Crippen LogP contribution in [0.25, 0.3) is 0 Å². The zero-order valence-electron chi connectivity index (χ0n) is 15.3. The van der Waals surface area contributed by atoms with E-state index in [1.165, 1.54) is 5.56 Å². The first-order valence-corrected chi connectivity index (χ1v) is 9.53. The van der Waals surface area contributed by atoms with E-state index in [2.05, 4.69) is 37.8 Å². The summed E-state index contributed by atoms with van der Waals surface area (Å²) in [6, 6.07) is 11.9. The van der Waals surface area contributed by atoms with E-state index in [0.29, 0.717) is 5.56 Å². The fourth-order valence-corrected chi connectivity index (χ4v) is 3.52. The van der Waals surface area contributed by atoms with Gasteiger partial charge in [-0.1, -0.05) is 13.0 Å². The molecule has 0 bridgehead atoms. The first-order chi connectivity index (χ1) is 12.6. The Labute approximate surface area is 157 Å². The van der Waals surface area contributed by atoms with Crippen molar-refractivity contribution in [1.29, 1.82) is 0 Å². The van der Waals surface area contributed by atoms with Crippen LogP contribution in [0.1, 0.15) is 22.8 Å². The van der Waals surface area contributed by atoms with E-state index in [1.54, 1.807) is 0 Å². The Morgan fingerprint density at radius 2 is 1.96 bits per heavy atom. The smallest absolute Gasteiger partial charge is 0.255 e. The fraction of sp³-hybridized carbons (Fsp3) is 0.350. The maximum atomic E-state index is 12.8. The van der Waals surface area contributed by atoms with Gasteiger partial charge in [0.2, 0.25) is 0 Å². The molecule has 6 heteroatoms. The number of rotatable bonds is 5. The molecule has 0 spiro atoms. The lowest BCUT2D eigenvalue weighted by atomic mass is 10.1. The van der Waals surface area contributed by atoms with Gasteiger partial charge in [-0.3, -0.25) is 4.79 Å². The van der Waals surface area contributed by atoms with E-state index in [0.717, 1.165) is 55.1 Å². The van der Waals surface area contributed by atoms with Crippen LogP contribution in [0.5, 0.6) is 0 Å². The van der Waals surface area contributed by atoms with Crippen molar-refractivity contribution >= 4 is 37.5 Å². The van der Waals surface area contributed by atoms with Gasteiger partial charge in [0.1, 0.15) is 0 Å². The van der Waals surface area contributed by atoms with Crippen LogP contribution in [0.3, 0.4) is 0 Å². The molecule has 2 aromatic rings. The summed E-state index contributed by atoms with van der Waals surface area (Å²) in [7, 11) is 4.59. The number of ether oxygens (including phenoxy) is 1. The summed E-state index contributed by atoms with van der Waals surface area (Å²) in [5.41, 5.74) is 4.78. The van der Waals surface area contributed by atoms with Gasteiger partial charge in [0.25, 0.3) is 5.91 Å². The molecule has 1 atom stereocenters. The Morgan fingerprint density at radius 1 is 1.19 bits per heavy atom. The van der Waals surface area contributed by atoms with Crippen molar-refractivity contribution in [2.75, 3.05) is 48.9 Å². The monoisotopic (exact) mass is 371 g/mol. The number of nitrogens with one attached hydrogen (secondary N) is 2. The first kappa shape index (κ1) is 18.7. The molecule has 1 unspecified atom stereocenters. The number of carbonyl (C=O) groups excluding carboxylic acids is 1. The number of hydrogen-bond donors (Lipinski definition) is 2. The second kappa shape index (κ2) is 8.52. The SMILES string of the molecule is CCc1ccc(NC(=O)c2cc(P)cc(N3CCOCC3)c2)cc1NC. The highest BCUT2D eigenvalue weighted by Crippen LogP contribution is 2.23. The van der Waals surface area contributed by atoms with Crippen molar-refractivity contribution in [2.24, 2.45) is 0 Å². The summed E-state index contributed by atoms with van der Waals surface area (Å²) >= 11 is 0. The minimum absolute atomic E-state index is 0.102.